The predicted molar refractivity (Wildman–Crippen MR) is 163 cm³/mol. The molecule has 4 aliphatic heterocycles. The Hall–Kier alpha value is -3.29. The number of rotatable bonds is 7. The number of nitrogens with zero attached hydrogens (tertiary/aromatic N) is 7. The van der Waals surface area contributed by atoms with Crippen LogP contribution in [0.1, 0.15) is 48.8 Å². The highest BCUT2D eigenvalue weighted by Crippen LogP contribution is 2.43. The van der Waals surface area contributed by atoms with Crippen molar-refractivity contribution in [2.45, 2.75) is 57.0 Å². The lowest BCUT2D eigenvalue weighted by molar-refractivity contribution is -0.205. The second-order valence-corrected chi connectivity index (χ2v) is 12.8. The van der Waals surface area contributed by atoms with Crippen LogP contribution >= 0.6 is 0 Å². The van der Waals surface area contributed by atoms with Crippen LogP contribution in [0.5, 0.6) is 0 Å². The summed E-state index contributed by atoms with van der Waals surface area (Å²) in [5.74, 6) is -0.305. The summed E-state index contributed by atoms with van der Waals surface area (Å²) in [4.78, 5) is 32.7. The molecule has 10 nitrogen and oxygen atoms in total. The topological polar surface area (TPSA) is 87.2 Å². The van der Waals surface area contributed by atoms with E-state index in [0.717, 1.165) is 23.2 Å². The van der Waals surface area contributed by atoms with Crippen LogP contribution in [0.3, 0.4) is 0 Å². The molecule has 4 saturated heterocycles. The molecule has 13 heteroatoms. The van der Waals surface area contributed by atoms with Gasteiger partial charge in [-0.05, 0) is 55.4 Å². The molecule has 6 heterocycles. The number of aryl methyl sites for hydroxylation is 1. The van der Waals surface area contributed by atoms with Crippen molar-refractivity contribution in [3.8, 4) is 0 Å². The fraction of sp³-hybridized carbons (Fsp3) is 0.625. The highest BCUT2D eigenvalue weighted by molar-refractivity contribution is 5.87. The second-order valence-electron chi connectivity index (χ2n) is 12.8. The van der Waals surface area contributed by atoms with Gasteiger partial charge in [0, 0.05) is 77.3 Å². The van der Waals surface area contributed by atoms with Crippen LogP contribution in [0.2, 0.25) is 0 Å². The number of ether oxygens (including phenoxy) is 2. The number of amides is 1. The first-order valence-corrected chi connectivity index (χ1v) is 15.7. The molecular weight excluding hydrogens is 587 g/mol. The minimum absolute atomic E-state index is 0.0317. The van der Waals surface area contributed by atoms with Crippen LogP contribution in [-0.2, 0) is 26.0 Å². The average molecular weight is 630 g/mol. The summed E-state index contributed by atoms with van der Waals surface area (Å²) in [5, 5.41) is 0. The number of carbonyl (C=O) groups excluding carboxylic acids is 1. The normalized spacial score (nSPS) is 27.1. The number of hydrogen-bond acceptors (Lipinski definition) is 9. The van der Waals surface area contributed by atoms with Gasteiger partial charge in [-0.15, -0.1) is 0 Å². The highest BCUT2D eigenvalue weighted by Gasteiger charge is 2.47. The number of aromatic nitrogens is 3. The lowest BCUT2D eigenvalue weighted by atomic mass is 9.76. The van der Waals surface area contributed by atoms with E-state index in [1.165, 1.54) is 6.08 Å². The maximum atomic E-state index is 14.1. The lowest BCUT2D eigenvalue weighted by Gasteiger charge is -2.53. The lowest BCUT2D eigenvalue weighted by Crippen LogP contribution is -2.68. The average Bonchev–Trinajstić information content (AvgIpc) is 3.00. The van der Waals surface area contributed by atoms with Crippen molar-refractivity contribution >= 4 is 17.5 Å². The zero-order valence-electron chi connectivity index (χ0n) is 26.4. The van der Waals surface area contributed by atoms with Crippen LogP contribution < -0.4 is 9.80 Å². The molecule has 0 saturated carbocycles. The molecular formula is C32H42F3N7O3. The maximum Gasteiger partial charge on any atom is 0.451 e. The van der Waals surface area contributed by atoms with E-state index in [1.807, 2.05) is 22.8 Å². The standard InChI is InChI=1S/C32H42F3N7O3/c1-6-27(43)40-13-11-39(12-14-40)24-17-42(22(24)4)26-15-25(37-30(38-26)32(33,34)35)41-10-8-23(21(3)16-41)28-20(2)7-9-36-29(28)31(44-5)18-45-19-31/h6-7,9,15,21-24H,1,8,10-14,16-19H2,2-5H3/t21-,22-,23-,24-/m1/s1. The fourth-order valence-electron chi connectivity index (χ4n) is 7.40. The molecule has 0 spiro atoms. The molecule has 2 aromatic rings. The van der Waals surface area contributed by atoms with Crippen LogP contribution in [0.4, 0.5) is 24.8 Å². The molecule has 0 radical (unpaired) electrons. The number of anilines is 2. The third-order valence-corrected chi connectivity index (χ3v) is 10.2. The van der Waals surface area contributed by atoms with Crippen molar-refractivity contribution in [2.75, 3.05) is 75.9 Å². The molecule has 0 N–H and O–H groups in total. The summed E-state index contributed by atoms with van der Waals surface area (Å²) in [7, 11) is 1.68. The maximum absolute atomic E-state index is 14.1. The van der Waals surface area contributed by atoms with E-state index in [1.54, 1.807) is 24.3 Å². The number of piperazine rings is 1. The van der Waals surface area contributed by atoms with Crippen molar-refractivity contribution in [2.24, 2.45) is 5.92 Å². The summed E-state index contributed by atoms with van der Waals surface area (Å²) >= 11 is 0. The molecule has 4 aliphatic rings. The Kier molecular flexibility index (Phi) is 8.55. The third kappa shape index (κ3) is 5.78. The number of halogens is 3. The van der Waals surface area contributed by atoms with Crippen molar-refractivity contribution in [3.05, 3.63) is 53.6 Å². The van der Waals surface area contributed by atoms with Gasteiger partial charge in [-0.3, -0.25) is 14.7 Å². The Bertz CT molecular complexity index is 1420. The molecule has 0 unspecified atom stereocenters. The van der Waals surface area contributed by atoms with Gasteiger partial charge < -0.3 is 24.2 Å². The number of alkyl halides is 3. The molecule has 6 rings (SSSR count). The first-order chi connectivity index (χ1) is 21.5. The van der Waals surface area contributed by atoms with Gasteiger partial charge in [0.1, 0.15) is 11.6 Å². The molecule has 4 atom stereocenters. The Morgan fingerprint density at radius 3 is 2.40 bits per heavy atom. The van der Waals surface area contributed by atoms with E-state index in [9.17, 15) is 18.0 Å². The molecule has 0 bridgehead atoms. The van der Waals surface area contributed by atoms with Crippen molar-refractivity contribution in [1.29, 1.82) is 0 Å². The summed E-state index contributed by atoms with van der Waals surface area (Å²) in [6.07, 6.45) is -0.795. The molecule has 244 valence electrons. The second kappa shape index (κ2) is 12.1. The Balaban J connectivity index is 1.19. The van der Waals surface area contributed by atoms with Gasteiger partial charge in [-0.1, -0.05) is 13.5 Å². The molecule has 45 heavy (non-hydrogen) atoms. The summed E-state index contributed by atoms with van der Waals surface area (Å²) in [6, 6.07) is 3.86. The zero-order valence-corrected chi connectivity index (χ0v) is 26.4. The molecule has 0 aliphatic carbocycles. The first kappa shape index (κ1) is 31.7. The SMILES string of the molecule is C=CC(=O)N1CCN([C@@H]2CN(c3cc(N4CC[C@@H](c5c(C)ccnc5C5(OC)COC5)[C@H](C)C4)nc(C(F)(F)F)n3)[C@@H]2C)CC1. The van der Waals surface area contributed by atoms with Crippen molar-refractivity contribution in [1.82, 2.24) is 24.8 Å². The summed E-state index contributed by atoms with van der Waals surface area (Å²) in [6.45, 7) is 15.0. The van der Waals surface area contributed by atoms with E-state index in [4.69, 9.17) is 14.5 Å². The van der Waals surface area contributed by atoms with Crippen LogP contribution in [0, 0.1) is 12.8 Å². The van der Waals surface area contributed by atoms with E-state index in [-0.39, 0.29) is 29.8 Å². The summed E-state index contributed by atoms with van der Waals surface area (Å²) < 4.78 is 53.7. The van der Waals surface area contributed by atoms with Gasteiger partial charge in [0.2, 0.25) is 11.7 Å². The van der Waals surface area contributed by atoms with Crippen LogP contribution in [-0.4, -0.2) is 109 Å². The Morgan fingerprint density at radius 2 is 1.82 bits per heavy atom. The van der Waals surface area contributed by atoms with Crippen molar-refractivity contribution in [3.63, 3.8) is 0 Å². The molecule has 1 amide bonds. The van der Waals surface area contributed by atoms with E-state index in [2.05, 4.69) is 35.3 Å². The van der Waals surface area contributed by atoms with Gasteiger partial charge in [0.15, 0.2) is 5.60 Å². The van der Waals surface area contributed by atoms with Gasteiger partial charge in [0.25, 0.3) is 0 Å². The Labute approximate surface area is 262 Å². The van der Waals surface area contributed by atoms with E-state index in [0.29, 0.717) is 70.7 Å². The minimum Gasteiger partial charge on any atom is -0.374 e. The largest absolute Gasteiger partial charge is 0.451 e. The molecule has 0 aromatic carbocycles. The number of pyridine rings is 1. The van der Waals surface area contributed by atoms with Crippen LogP contribution in [0.15, 0.2) is 31.0 Å². The van der Waals surface area contributed by atoms with Gasteiger partial charge in [-0.2, -0.15) is 13.2 Å². The number of methoxy groups -OCH3 is 1. The smallest absolute Gasteiger partial charge is 0.374 e. The van der Waals surface area contributed by atoms with Gasteiger partial charge >= 0.3 is 6.18 Å². The Morgan fingerprint density at radius 1 is 1.11 bits per heavy atom. The number of piperidine rings is 1. The zero-order chi connectivity index (χ0) is 32.1. The number of carbonyl (C=O) groups is 1. The monoisotopic (exact) mass is 629 g/mol. The van der Waals surface area contributed by atoms with Gasteiger partial charge in [0.05, 0.1) is 18.9 Å². The fourth-order valence-corrected chi connectivity index (χ4v) is 7.40. The van der Waals surface area contributed by atoms with Gasteiger partial charge in [-0.25, -0.2) is 9.97 Å². The highest BCUT2D eigenvalue weighted by atomic mass is 19.4. The predicted octanol–water partition coefficient (Wildman–Crippen LogP) is 3.61. The number of hydrogen-bond donors (Lipinski definition) is 0. The van der Waals surface area contributed by atoms with E-state index < -0.39 is 17.6 Å². The minimum atomic E-state index is -4.67. The molecule has 2 aromatic heterocycles. The van der Waals surface area contributed by atoms with Crippen molar-refractivity contribution < 1.29 is 27.4 Å². The molecule has 4 fully saturated rings. The quantitative estimate of drug-likeness (QED) is 0.427. The van der Waals surface area contributed by atoms with Crippen LogP contribution in [0.25, 0.3) is 0 Å². The first-order valence-electron chi connectivity index (χ1n) is 15.7. The van der Waals surface area contributed by atoms with E-state index >= 15 is 0 Å². The third-order valence-electron chi connectivity index (χ3n) is 10.2. The summed E-state index contributed by atoms with van der Waals surface area (Å²) in [5.41, 5.74) is 2.63.